The summed E-state index contributed by atoms with van der Waals surface area (Å²) in [4.78, 5) is 19.3. The van der Waals surface area contributed by atoms with E-state index in [0.717, 1.165) is 16.0 Å². The molecule has 0 aliphatic heterocycles. The molecule has 0 aliphatic carbocycles. The predicted octanol–water partition coefficient (Wildman–Crippen LogP) is 3.61. The van der Waals surface area contributed by atoms with Crippen LogP contribution in [0.15, 0.2) is 67.0 Å². The van der Waals surface area contributed by atoms with E-state index >= 15 is 0 Å². The van der Waals surface area contributed by atoms with E-state index in [-0.39, 0.29) is 12.5 Å². The number of benzene rings is 2. The topological polar surface area (TPSA) is 69.5 Å². The van der Waals surface area contributed by atoms with Gasteiger partial charge in [-0.2, -0.15) is 5.10 Å². The minimum atomic E-state index is -0.160. The van der Waals surface area contributed by atoms with E-state index < -0.39 is 0 Å². The number of nitrogens with zero attached hydrogens (tertiary/aromatic N) is 4. The quantitative estimate of drug-likeness (QED) is 0.445. The smallest absolute Gasteiger partial charge is 0.266 e. The van der Waals surface area contributed by atoms with Crippen LogP contribution in [0.4, 0.5) is 5.13 Å². The Labute approximate surface area is 172 Å². The fourth-order valence-electron chi connectivity index (χ4n) is 2.84. The van der Waals surface area contributed by atoms with Crippen LogP contribution in [0.1, 0.15) is 0 Å². The maximum Gasteiger partial charge on any atom is 0.266 e. The van der Waals surface area contributed by atoms with Gasteiger partial charge in [0.15, 0.2) is 11.7 Å². The van der Waals surface area contributed by atoms with Gasteiger partial charge >= 0.3 is 0 Å². The molecule has 2 aromatic carbocycles. The maximum absolute atomic E-state index is 13.0. The van der Waals surface area contributed by atoms with Gasteiger partial charge in [-0.05, 0) is 36.4 Å². The van der Waals surface area contributed by atoms with E-state index in [4.69, 9.17) is 9.47 Å². The Balaban J connectivity index is 1.56. The van der Waals surface area contributed by atoms with Crippen molar-refractivity contribution >= 4 is 32.6 Å². The summed E-state index contributed by atoms with van der Waals surface area (Å²) in [6.45, 7) is 0.932. The minimum Gasteiger partial charge on any atom is -0.497 e. The monoisotopic (exact) mass is 408 g/mol. The lowest BCUT2D eigenvalue weighted by Crippen LogP contribution is -2.37. The summed E-state index contributed by atoms with van der Waals surface area (Å²) in [6.07, 6.45) is 3.58. The highest BCUT2D eigenvalue weighted by Gasteiger charge is 2.20. The Morgan fingerprint density at radius 1 is 1.14 bits per heavy atom. The number of hydrogen-bond donors (Lipinski definition) is 0. The van der Waals surface area contributed by atoms with Crippen molar-refractivity contribution in [2.45, 2.75) is 6.54 Å². The molecule has 7 nitrogen and oxygen atoms in total. The van der Waals surface area contributed by atoms with Gasteiger partial charge < -0.3 is 9.47 Å². The second-order valence-corrected chi connectivity index (χ2v) is 7.26. The first-order chi connectivity index (χ1) is 14.2. The molecule has 0 saturated heterocycles. The van der Waals surface area contributed by atoms with Crippen molar-refractivity contribution in [1.29, 1.82) is 0 Å². The van der Waals surface area contributed by atoms with Gasteiger partial charge in [0.1, 0.15) is 11.5 Å². The van der Waals surface area contributed by atoms with Crippen LogP contribution in [0, 0.1) is 0 Å². The largest absolute Gasteiger partial charge is 0.497 e. The molecule has 4 aromatic rings. The van der Waals surface area contributed by atoms with Crippen molar-refractivity contribution in [1.82, 2.24) is 14.8 Å². The summed E-state index contributed by atoms with van der Waals surface area (Å²) in [5.41, 5.74) is 0.826. The number of methoxy groups -OCH3 is 1. The molecule has 0 radical (unpaired) electrons. The summed E-state index contributed by atoms with van der Waals surface area (Å²) in [7, 11) is 1.63. The summed E-state index contributed by atoms with van der Waals surface area (Å²) in [5, 5.41) is 4.84. The van der Waals surface area contributed by atoms with Crippen molar-refractivity contribution in [2.75, 3.05) is 25.2 Å². The molecule has 0 atom stereocenters. The number of carbonyl (C=O) groups is 1. The third-order valence-corrected chi connectivity index (χ3v) is 5.37. The van der Waals surface area contributed by atoms with Crippen LogP contribution < -0.4 is 14.4 Å². The number of carbonyl (C=O) groups excluding carboxylic acids is 1. The molecule has 8 heteroatoms. The van der Waals surface area contributed by atoms with Crippen molar-refractivity contribution in [3.63, 3.8) is 0 Å². The van der Waals surface area contributed by atoms with E-state index in [0.29, 0.717) is 24.0 Å². The maximum atomic E-state index is 13.0. The Hall–Kier alpha value is -3.39. The first-order valence-electron chi connectivity index (χ1n) is 9.13. The molecule has 0 unspecified atom stereocenters. The van der Waals surface area contributed by atoms with Crippen molar-refractivity contribution in [3.8, 4) is 11.5 Å². The van der Waals surface area contributed by atoms with E-state index in [1.165, 1.54) is 11.3 Å². The summed E-state index contributed by atoms with van der Waals surface area (Å²) >= 11 is 1.45. The highest BCUT2D eigenvalue weighted by atomic mass is 32.1. The molecule has 0 aliphatic rings. The van der Waals surface area contributed by atoms with E-state index in [1.807, 2.05) is 60.8 Å². The molecule has 29 heavy (non-hydrogen) atoms. The first-order valence-corrected chi connectivity index (χ1v) is 9.95. The van der Waals surface area contributed by atoms with E-state index in [1.54, 1.807) is 22.9 Å². The fraction of sp³-hybridized carbons (Fsp3) is 0.190. The zero-order chi connectivity index (χ0) is 20.1. The average Bonchev–Trinajstić information content (AvgIpc) is 3.42. The van der Waals surface area contributed by atoms with Crippen LogP contribution in [-0.4, -0.2) is 40.9 Å². The van der Waals surface area contributed by atoms with Crippen LogP contribution in [-0.2, 0) is 11.3 Å². The lowest BCUT2D eigenvalue weighted by atomic mass is 10.3. The van der Waals surface area contributed by atoms with E-state index in [9.17, 15) is 4.79 Å². The predicted molar refractivity (Wildman–Crippen MR) is 113 cm³/mol. The van der Waals surface area contributed by atoms with Gasteiger partial charge in [0.05, 0.1) is 23.9 Å². The highest BCUT2D eigenvalue weighted by Crippen LogP contribution is 2.31. The van der Waals surface area contributed by atoms with Gasteiger partial charge in [0, 0.05) is 18.9 Å². The zero-order valence-electron chi connectivity index (χ0n) is 15.9. The number of ether oxygens (including phenoxy) is 2. The van der Waals surface area contributed by atoms with Gasteiger partial charge in [-0.3, -0.25) is 14.4 Å². The minimum absolute atomic E-state index is 0.0671. The molecule has 0 spiro atoms. The van der Waals surface area contributed by atoms with Gasteiger partial charge in [-0.15, -0.1) is 0 Å². The lowest BCUT2D eigenvalue weighted by molar-refractivity contribution is -0.120. The number of anilines is 1. The molecule has 148 valence electrons. The molecule has 1 amide bonds. The summed E-state index contributed by atoms with van der Waals surface area (Å²) < 4.78 is 13.7. The van der Waals surface area contributed by atoms with Crippen LogP contribution in [0.2, 0.25) is 0 Å². The second kappa shape index (κ2) is 8.74. The van der Waals surface area contributed by atoms with E-state index in [2.05, 4.69) is 10.1 Å². The third-order valence-electron chi connectivity index (χ3n) is 4.33. The molecule has 4 rings (SSSR count). The first kappa shape index (κ1) is 18.9. The van der Waals surface area contributed by atoms with Crippen molar-refractivity contribution in [2.24, 2.45) is 0 Å². The zero-order valence-corrected chi connectivity index (χ0v) is 16.7. The Kier molecular flexibility index (Phi) is 5.71. The van der Waals surface area contributed by atoms with Gasteiger partial charge in [-0.1, -0.05) is 29.5 Å². The molecule has 0 saturated carbocycles. The number of hydrogen-bond acceptors (Lipinski definition) is 6. The number of amides is 1. The average molecular weight is 408 g/mol. The summed E-state index contributed by atoms with van der Waals surface area (Å²) in [5.74, 6) is 1.25. The second-order valence-electron chi connectivity index (χ2n) is 6.25. The molecule has 2 aromatic heterocycles. The van der Waals surface area contributed by atoms with Crippen molar-refractivity contribution < 1.29 is 14.3 Å². The number of para-hydroxylation sites is 1. The molecular weight excluding hydrogens is 388 g/mol. The Morgan fingerprint density at radius 3 is 2.76 bits per heavy atom. The number of fused-ring (bicyclic) bond motifs is 1. The van der Waals surface area contributed by atoms with Gasteiger partial charge in [0.25, 0.3) is 5.91 Å². The Morgan fingerprint density at radius 2 is 2.00 bits per heavy atom. The standard InChI is InChI=1S/C21H20N4O3S/c1-27-17-8-9-18-19(14-17)29-21(23-18)25(13-12-24-11-5-10-22-24)20(26)15-28-16-6-3-2-4-7-16/h2-11,14H,12-13,15H2,1H3. The SMILES string of the molecule is COc1ccc2nc(N(CCn3cccn3)C(=O)COc3ccccc3)sc2c1. The Bertz CT molecular complexity index is 1080. The van der Waals surface area contributed by atoms with Gasteiger partial charge in [0.2, 0.25) is 0 Å². The van der Waals surface area contributed by atoms with Crippen LogP contribution in [0.25, 0.3) is 10.2 Å². The number of rotatable bonds is 8. The summed E-state index contributed by atoms with van der Waals surface area (Å²) in [6, 6.07) is 16.8. The molecular formula is C21H20N4O3S. The highest BCUT2D eigenvalue weighted by molar-refractivity contribution is 7.22. The molecule has 0 N–H and O–H groups in total. The van der Waals surface area contributed by atoms with Crippen LogP contribution >= 0.6 is 11.3 Å². The van der Waals surface area contributed by atoms with Crippen LogP contribution in [0.3, 0.4) is 0 Å². The van der Waals surface area contributed by atoms with Crippen LogP contribution in [0.5, 0.6) is 11.5 Å². The normalized spacial score (nSPS) is 10.8. The molecule has 0 fully saturated rings. The third kappa shape index (κ3) is 4.55. The lowest BCUT2D eigenvalue weighted by Gasteiger charge is -2.20. The molecule has 0 bridgehead atoms. The number of thiazole rings is 1. The number of aromatic nitrogens is 3. The van der Waals surface area contributed by atoms with Crippen molar-refractivity contribution in [3.05, 3.63) is 67.0 Å². The van der Waals surface area contributed by atoms with Gasteiger partial charge in [-0.25, -0.2) is 4.98 Å². The molecule has 2 heterocycles. The fourth-order valence-corrected chi connectivity index (χ4v) is 3.87.